The lowest BCUT2D eigenvalue weighted by molar-refractivity contribution is 0.660. The van der Waals surface area contributed by atoms with Gasteiger partial charge in [-0.2, -0.15) is 0 Å². The maximum Gasteiger partial charge on any atom is 0.0625 e. The zero-order valence-electron chi connectivity index (χ0n) is 33.2. The molecule has 0 atom stereocenters. The quantitative estimate of drug-likeness (QED) is 0.157. The summed E-state index contributed by atoms with van der Waals surface area (Å²) in [4.78, 5) is 2.45. The summed E-state index contributed by atoms with van der Waals surface area (Å²) >= 11 is 0. The van der Waals surface area contributed by atoms with Crippen LogP contribution in [0.5, 0.6) is 0 Å². The second-order valence-electron chi connectivity index (χ2n) is 16.1. The fourth-order valence-electron chi connectivity index (χ4n) is 9.54. The minimum Gasteiger partial charge on any atom is -0.310 e. The number of para-hydroxylation sites is 1. The highest BCUT2D eigenvalue weighted by molar-refractivity contribution is 6.20. The molecule has 0 bridgehead atoms. The Morgan fingerprint density at radius 1 is 0.373 bits per heavy atom. The Kier molecular flexibility index (Phi) is 8.20. The molecule has 0 fully saturated rings. The average Bonchev–Trinajstić information content (AvgIpc) is 3.76. The van der Waals surface area contributed by atoms with Crippen molar-refractivity contribution < 1.29 is 0 Å². The molecular formula is C57H42N2. The number of hydrogen-bond donors (Lipinski definition) is 0. The molecule has 11 rings (SSSR count). The van der Waals surface area contributed by atoms with Gasteiger partial charge in [0.1, 0.15) is 0 Å². The number of fused-ring (bicyclic) bond motifs is 6. The maximum atomic E-state index is 2.47. The first-order chi connectivity index (χ1) is 29.0. The Balaban J connectivity index is 1.19. The van der Waals surface area contributed by atoms with Crippen LogP contribution in [-0.2, 0) is 5.41 Å². The molecule has 59 heavy (non-hydrogen) atoms. The monoisotopic (exact) mass is 754 g/mol. The smallest absolute Gasteiger partial charge is 0.0625 e. The van der Waals surface area contributed by atoms with E-state index in [9.17, 15) is 0 Å². The van der Waals surface area contributed by atoms with Crippen LogP contribution in [0.25, 0.3) is 72.0 Å². The lowest BCUT2D eigenvalue weighted by Gasteiger charge is -2.28. The van der Waals surface area contributed by atoms with Gasteiger partial charge in [-0.15, -0.1) is 0 Å². The average molecular weight is 755 g/mol. The topological polar surface area (TPSA) is 8.17 Å². The van der Waals surface area contributed by atoms with Gasteiger partial charge in [-0.25, -0.2) is 0 Å². The van der Waals surface area contributed by atoms with Gasteiger partial charge in [0.25, 0.3) is 0 Å². The van der Waals surface area contributed by atoms with Crippen LogP contribution in [0.3, 0.4) is 0 Å². The second-order valence-corrected chi connectivity index (χ2v) is 16.1. The van der Waals surface area contributed by atoms with E-state index in [1.165, 1.54) is 77.4 Å². The van der Waals surface area contributed by atoms with Crippen LogP contribution in [0, 0.1) is 0 Å². The highest BCUT2D eigenvalue weighted by Crippen LogP contribution is 2.51. The van der Waals surface area contributed by atoms with E-state index in [1.807, 2.05) is 0 Å². The van der Waals surface area contributed by atoms with Gasteiger partial charge >= 0.3 is 0 Å². The van der Waals surface area contributed by atoms with E-state index >= 15 is 0 Å². The Morgan fingerprint density at radius 3 is 1.56 bits per heavy atom. The lowest BCUT2D eigenvalue weighted by atomic mass is 9.82. The van der Waals surface area contributed by atoms with Crippen LogP contribution in [0.2, 0.25) is 0 Å². The van der Waals surface area contributed by atoms with Gasteiger partial charge in [0.05, 0.1) is 11.0 Å². The van der Waals surface area contributed by atoms with E-state index in [-0.39, 0.29) is 5.41 Å². The summed E-state index contributed by atoms with van der Waals surface area (Å²) in [6, 6.07) is 79.9. The van der Waals surface area contributed by atoms with Crippen LogP contribution < -0.4 is 4.90 Å². The molecule has 1 aliphatic rings. The minimum absolute atomic E-state index is 0.129. The third-order valence-electron chi connectivity index (χ3n) is 12.4. The first-order valence-electron chi connectivity index (χ1n) is 20.5. The molecule has 10 aromatic rings. The highest BCUT2D eigenvalue weighted by Gasteiger charge is 2.36. The Morgan fingerprint density at radius 2 is 0.864 bits per heavy atom. The summed E-state index contributed by atoms with van der Waals surface area (Å²) in [5.41, 5.74) is 19.3. The van der Waals surface area contributed by atoms with Gasteiger partial charge in [0.15, 0.2) is 0 Å². The summed E-state index contributed by atoms with van der Waals surface area (Å²) in [5, 5.41) is 2.45. The summed E-state index contributed by atoms with van der Waals surface area (Å²) in [5.74, 6) is 0. The van der Waals surface area contributed by atoms with Crippen molar-refractivity contribution in [1.29, 1.82) is 0 Å². The van der Waals surface area contributed by atoms with Gasteiger partial charge in [-0.1, -0.05) is 178 Å². The van der Waals surface area contributed by atoms with Crippen molar-refractivity contribution in [2.24, 2.45) is 0 Å². The molecule has 0 saturated carbocycles. The fourth-order valence-corrected chi connectivity index (χ4v) is 9.54. The summed E-state index contributed by atoms with van der Waals surface area (Å²) in [6.45, 7) is 4.72. The Labute approximate surface area is 345 Å². The molecule has 0 saturated heterocycles. The molecule has 9 aromatic carbocycles. The summed E-state index contributed by atoms with van der Waals surface area (Å²) < 4.78 is 2.47. The molecule has 2 heteroatoms. The van der Waals surface area contributed by atoms with Crippen LogP contribution >= 0.6 is 0 Å². The van der Waals surface area contributed by atoms with E-state index < -0.39 is 0 Å². The number of benzene rings is 9. The molecule has 0 amide bonds. The van der Waals surface area contributed by atoms with E-state index in [0.29, 0.717) is 0 Å². The van der Waals surface area contributed by atoms with E-state index in [1.54, 1.807) is 0 Å². The third-order valence-corrected chi connectivity index (χ3v) is 12.4. The van der Waals surface area contributed by atoms with Crippen molar-refractivity contribution in [3.8, 4) is 50.2 Å². The minimum atomic E-state index is -0.129. The Bertz CT molecular complexity index is 3140. The molecule has 1 aliphatic carbocycles. The van der Waals surface area contributed by atoms with Crippen LogP contribution in [0.15, 0.2) is 218 Å². The van der Waals surface area contributed by atoms with Crippen molar-refractivity contribution in [1.82, 2.24) is 4.57 Å². The SMILES string of the molecule is CC1(C)c2ccccc2-c2ccc(N(c3ccc(-c4ccccc4)cc3)c3ccc4c(c3)c3c(-c5ccccc5)ccc(-c5ccccc5)c3n4-c3ccccc3)cc21. The van der Waals surface area contributed by atoms with Crippen LogP contribution in [0.1, 0.15) is 25.0 Å². The fraction of sp³-hybridized carbons (Fsp3) is 0.0526. The number of nitrogens with zero attached hydrogens (tertiary/aromatic N) is 2. The van der Waals surface area contributed by atoms with E-state index in [0.717, 1.165) is 22.7 Å². The summed E-state index contributed by atoms with van der Waals surface area (Å²) in [7, 11) is 0. The van der Waals surface area contributed by atoms with Crippen LogP contribution in [-0.4, -0.2) is 4.57 Å². The van der Waals surface area contributed by atoms with Crippen molar-refractivity contribution in [3.63, 3.8) is 0 Å². The molecule has 1 heterocycles. The number of anilines is 3. The predicted molar refractivity (Wildman–Crippen MR) is 249 cm³/mol. The molecule has 2 nitrogen and oxygen atoms in total. The first-order valence-corrected chi connectivity index (χ1v) is 20.5. The second kappa shape index (κ2) is 13.9. The van der Waals surface area contributed by atoms with Gasteiger partial charge in [0.2, 0.25) is 0 Å². The third kappa shape index (κ3) is 5.71. The normalized spacial score (nSPS) is 12.7. The zero-order valence-corrected chi connectivity index (χ0v) is 33.2. The number of rotatable bonds is 7. The molecular weight excluding hydrogens is 713 g/mol. The lowest BCUT2D eigenvalue weighted by Crippen LogP contribution is -2.16. The molecule has 1 aromatic heterocycles. The predicted octanol–water partition coefficient (Wildman–Crippen LogP) is 15.6. The molecule has 0 radical (unpaired) electrons. The number of hydrogen-bond acceptors (Lipinski definition) is 1. The van der Waals surface area contributed by atoms with Gasteiger partial charge in [0, 0.05) is 44.5 Å². The van der Waals surface area contributed by atoms with Crippen molar-refractivity contribution in [2.75, 3.05) is 4.90 Å². The van der Waals surface area contributed by atoms with Crippen molar-refractivity contribution in [2.45, 2.75) is 19.3 Å². The number of aromatic nitrogens is 1. The maximum absolute atomic E-state index is 2.47. The van der Waals surface area contributed by atoms with E-state index in [4.69, 9.17) is 0 Å². The molecule has 0 N–H and O–H groups in total. The van der Waals surface area contributed by atoms with Gasteiger partial charge in [-0.05, 0) is 105 Å². The van der Waals surface area contributed by atoms with Crippen molar-refractivity contribution in [3.05, 3.63) is 230 Å². The van der Waals surface area contributed by atoms with Crippen molar-refractivity contribution >= 4 is 38.9 Å². The largest absolute Gasteiger partial charge is 0.310 e. The molecule has 280 valence electrons. The highest BCUT2D eigenvalue weighted by atomic mass is 15.1. The van der Waals surface area contributed by atoms with Crippen LogP contribution in [0.4, 0.5) is 17.1 Å². The molecule has 0 aliphatic heterocycles. The Hall–Kier alpha value is -7.42. The van der Waals surface area contributed by atoms with Gasteiger partial charge in [-0.3, -0.25) is 0 Å². The van der Waals surface area contributed by atoms with E-state index in [2.05, 4.69) is 242 Å². The van der Waals surface area contributed by atoms with Gasteiger partial charge < -0.3 is 9.47 Å². The standard InChI is InChI=1S/C57H42N2/c1-57(2)52-26-16-15-25-49(52)50-33-31-46(38-53(50)57)58(44-29-27-40(28-30-44)39-17-7-3-8-18-39)45-32-36-54-51(37-45)55-47(41-19-9-4-10-20-41)34-35-48(42-21-11-5-12-22-42)56(55)59(54)43-23-13-6-14-24-43/h3-38H,1-2H3. The first kappa shape index (κ1) is 34.8. The zero-order chi connectivity index (χ0) is 39.5. The summed E-state index contributed by atoms with van der Waals surface area (Å²) in [6.07, 6.45) is 0. The molecule has 0 spiro atoms. The molecule has 0 unspecified atom stereocenters.